The summed E-state index contributed by atoms with van der Waals surface area (Å²) in [4.78, 5) is 21.4. The zero-order valence-corrected chi connectivity index (χ0v) is 10.00. The number of carbonyl (C=O) groups excluding carboxylic acids is 1. The van der Waals surface area contributed by atoms with Crippen LogP contribution in [0.3, 0.4) is 0 Å². The van der Waals surface area contributed by atoms with Crippen LogP contribution in [-0.4, -0.2) is 23.4 Å². The molecule has 18 heavy (non-hydrogen) atoms. The van der Waals surface area contributed by atoms with Crippen LogP contribution in [0.4, 0.5) is 5.69 Å². The first kappa shape index (κ1) is 13.9. The van der Waals surface area contributed by atoms with Gasteiger partial charge in [-0.15, -0.1) is 0 Å². The fourth-order valence-electron chi connectivity index (χ4n) is 1.23. The van der Waals surface area contributed by atoms with E-state index in [0.29, 0.717) is 12.1 Å². The molecule has 0 aromatic heterocycles. The minimum atomic E-state index is -0.479. The summed E-state index contributed by atoms with van der Waals surface area (Å²) in [6.07, 6.45) is 2.84. The van der Waals surface area contributed by atoms with Crippen molar-refractivity contribution in [2.24, 2.45) is 5.73 Å². The van der Waals surface area contributed by atoms with Gasteiger partial charge in [-0.05, 0) is 18.6 Å². The molecular weight excluding hydrogens is 234 g/mol. The Labute approximate surface area is 105 Å². The highest BCUT2D eigenvalue weighted by Crippen LogP contribution is 2.13. The lowest BCUT2D eigenvalue weighted by Gasteiger charge is -2.04. The van der Waals surface area contributed by atoms with Gasteiger partial charge in [0.05, 0.1) is 4.92 Å². The summed E-state index contributed by atoms with van der Waals surface area (Å²) in [7, 11) is 0. The van der Waals surface area contributed by atoms with Gasteiger partial charge in [-0.1, -0.05) is 12.1 Å². The number of hydrogen-bond donors (Lipinski definition) is 2. The summed E-state index contributed by atoms with van der Waals surface area (Å²) in [6.45, 7) is 2.17. The van der Waals surface area contributed by atoms with E-state index in [9.17, 15) is 14.9 Å². The Morgan fingerprint density at radius 3 is 2.94 bits per heavy atom. The molecule has 0 radical (unpaired) electrons. The standard InChI is InChI=1S/C12H15N3O3/c1-9(13)8-14-12(16)6-5-10-3-2-4-11(7-10)15(17)18/h2-7,9H,8,13H2,1H3,(H,14,16). The molecule has 0 fully saturated rings. The Morgan fingerprint density at radius 2 is 2.33 bits per heavy atom. The third kappa shape index (κ3) is 4.75. The molecule has 0 heterocycles. The van der Waals surface area contributed by atoms with E-state index in [4.69, 9.17) is 5.73 Å². The quantitative estimate of drug-likeness (QED) is 0.463. The van der Waals surface area contributed by atoms with Gasteiger partial charge in [0.15, 0.2) is 0 Å². The number of benzene rings is 1. The largest absolute Gasteiger partial charge is 0.351 e. The van der Waals surface area contributed by atoms with E-state index in [1.165, 1.54) is 24.3 Å². The summed E-state index contributed by atoms with van der Waals surface area (Å²) < 4.78 is 0. The van der Waals surface area contributed by atoms with Crippen LogP contribution in [0.15, 0.2) is 30.3 Å². The molecule has 0 aliphatic carbocycles. The van der Waals surface area contributed by atoms with E-state index in [2.05, 4.69) is 5.32 Å². The Bertz CT molecular complexity index is 469. The predicted octanol–water partition coefficient (Wildman–Crippen LogP) is 1.07. The summed E-state index contributed by atoms with van der Waals surface area (Å²) in [6, 6.07) is 5.93. The highest BCUT2D eigenvalue weighted by Gasteiger charge is 2.04. The van der Waals surface area contributed by atoms with Crippen molar-refractivity contribution in [3.05, 3.63) is 46.0 Å². The number of nitrogens with two attached hydrogens (primary N) is 1. The molecule has 1 aromatic rings. The second-order valence-electron chi connectivity index (χ2n) is 3.91. The molecule has 3 N–H and O–H groups in total. The minimum Gasteiger partial charge on any atom is -0.351 e. The minimum absolute atomic E-state index is 0.00635. The summed E-state index contributed by atoms with van der Waals surface area (Å²) >= 11 is 0. The molecule has 1 amide bonds. The third-order valence-corrected chi connectivity index (χ3v) is 2.11. The van der Waals surface area contributed by atoms with Gasteiger partial charge in [-0.25, -0.2) is 0 Å². The molecule has 0 bridgehead atoms. The van der Waals surface area contributed by atoms with Gasteiger partial charge in [0.1, 0.15) is 0 Å². The number of amides is 1. The first-order valence-electron chi connectivity index (χ1n) is 5.45. The number of nitrogens with zero attached hydrogens (tertiary/aromatic N) is 1. The first-order chi connectivity index (χ1) is 8.49. The molecule has 0 aliphatic rings. The number of non-ortho nitro benzene ring substituents is 1. The topological polar surface area (TPSA) is 98.3 Å². The lowest BCUT2D eigenvalue weighted by molar-refractivity contribution is -0.384. The van der Waals surface area contributed by atoms with E-state index in [1.54, 1.807) is 19.1 Å². The molecule has 1 unspecified atom stereocenters. The van der Waals surface area contributed by atoms with Crippen LogP contribution in [0.25, 0.3) is 6.08 Å². The maximum atomic E-state index is 11.4. The van der Waals surface area contributed by atoms with E-state index in [0.717, 1.165) is 0 Å². The second kappa shape index (κ2) is 6.51. The molecule has 1 rings (SSSR count). The SMILES string of the molecule is CC(N)CNC(=O)C=Cc1cccc([N+](=O)[O-])c1. The fraction of sp³-hybridized carbons (Fsp3) is 0.250. The molecule has 6 nitrogen and oxygen atoms in total. The maximum Gasteiger partial charge on any atom is 0.270 e. The molecule has 6 heteroatoms. The van der Waals surface area contributed by atoms with Crippen LogP contribution in [-0.2, 0) is 4.79 Å². The van der Waals surface area contributed by atoms with Gasteiger partial charge in [0.25, 0.3) is 5.69 Å². The van der Waals surface area contributed by atoms with Crippen LogP contribution >= 0.6 is 0 Å². The number of hydrogen-bond acceptors (Lipinski definition) is 4. The summed E-state index contributed by atoms with van der Waals surface area (Å²) in [5, 5.41) is 13.2. The lowest BCUT2D eigenvalue weighted by atomic mass is 10.2. The maximum absolute atomic E-state index is 11.4. The number of nitro benzene ring substituents is 1. The van der Waals surface area contributed by atoms with Crippen LogP contribution in [0, 0.1) is 10.1 Å². The van der Waals surface area contributed by atoms with Crippen molar-refractivity contribution in [3.63, 3.8) is 0 Å². The highest BCUT2D eigenvalue weighted by atomic mass is 16.6. The average molecular weight is 249 g/mol. The monoisotopic (exact) mass is 249 g/mol. The Balaban J connectivity index is 2.64. The Kier molecular flexibility index (Phi) is 5.01. The number of carbonyl (C=O) groups is 1. The molecule has 1 aromatic carbocycles. The first-order valence-corrected chi connectivity index (χ1v) is 5.45. The van der Waals surface area contributed by atoms with E-state index in [-0.39, 0.29) is 17.6 Å². The van der Waals surface area contributed by atoms with E-state index in [1.807, 2.05) is 0 Å². The molecule has 0 saturated carbocycles. The fourth-order valence-corrected chi connectivity index (χ4v) is 1.23. The van der Waals surface area contributed by atoms with E-state index < -0.39 is 4.92 Å². The van der Waals surface area contributed by atoms with Crippen LogP contribution < -0.4 is 11.1 Å². The van der Waals surface area contributed by atoms with Crippen LogP contribution in [0.5, 0.6) is 0 Å². The van der Waals surface area contributed by atoms with Crippen LogP contribution in [0.1, 0.15) is 12.5 Å². The number of nitrogens with one attached hydrogen (secondary N) is 1. The zero-order valence-electron chi connectivity index (χ0n) is 10.00. The lowest BCUT2D eigenvalue weighted by Crippen LogP contribution is -2.34. The van der Waals surface area contributed by atoms with Gasteiger partial charge in [-0.2, -0.15) is 0 Å². The van der Waals surface area contributed by atoms with Crippen molar-refractivity contribution < 1.29 is 9.72 Å². The van der Waals surface area contributed by atoms with Gasteiger partial charge >= 0.3 is 0 Å². The van der Waals surface area contributed by atoms with Crippen molar-refractivity contribution in [2.75, 3.05) is 6.54 Å². The molecule has 96 valence electrons. The van der Waals surface area contributed by atoms with Crippen LogP contribution in [0.2, 0.25) is 0 Å². The highest BCUT2D eigenvalue weighted by molar-refractivity contribution is 5.91. The smallest absolute Gasteiger partial charge is 0.270 e. The van der Waals surface area contributed by atoms with E-state index >= 15 is 0 Å². The molecular formula is C12H15N3O3. The summed E-state index contributed by atoms with van der Waals surface area (Å²) in [5.41, 5.74) is 6.08. The predicted molar refractivity (Wildman–Crippen MR) is 68.8 cm³/mol. The van der Waals surface area contributed by atoms with Crippen molar-refractivity contribution in [1.29, 1.82) is 0 Å². The van der Waals surface area contributed by atoms with Crippen molar-refractivity contribution in [3.8, 4) is 0 Å². The van der Waals surface area contributed by atoms with Crippen molar-refractivity contribution in [2.45, 2.75) is 13.0 Å². The molecule has 1 atom stereocenters. The van der Waals surface area contributed by atoms with Gasteiger partial charge in [-0.3, -0.25) is 14.9 Å². The summed E-state index contributed by atoms with van der Waals surface area (Å²) in [5.74, 6) is -0.279. The number of nitro groups is 1. The van der Waals surface area contributed by atoms with Crippen molar-refractivity contribution >= 4 is 17.7 Å². The zero-order chi connectivity index (χ0) is 13.5. The molecule has 0 spiro atoms. The van der Waals surface area contributed by atoms with Gasteiger partial charge in [0, 0.05) is 30.8 Å². The average Bonchev–Trinajstić information content (AvgIpc) is 2.34. The van der Waals surface area contributed by atoms with Gasteiger partial charge in [0.2, 0.25) is 5.91 Å². The normalized spacial score (nSPS) is 12.3. The number of rotatable bonds is 5. The Hall–Kier alpha value is -2.21. The molecule has 0 saturated heterocycles. The molecule has 0 aliphatic heterocycles. The third-order valence-electron chi connectivity index (χ3n) is 2.11. The van der Waals surface area contributed by atoms with Crippen molar-refractivity contribution in [1.82, 2.24) is 5.32 Å². The second-order valence-corrected chi connectivity index (χ2v) is 3.91. The van der Waals surface area contributed by atoms with Gasteiger partial charge < -0.3 is 11.1 Å². The Morgan fingerprint density at radius 1 is 1.61 bits per heavy atom.